The summed E-state index contributed by atoms with van der Waals surface area (Å²) in [5.74, 6) is -0.925. The van der Waals surface area contributed by atoms with Gasteiger partial charge in [0.25, 0.3) is 0 Å². The Hall–Kier alpha value is -2.07. The Bertz CT molecular complexity index is 1110. The average Bonchev–Trinajstić information content (AvgIpc) is 2.98. The molecular weight excluding hydrogens is 433 g/mol. The number of aromatic amines is 1. The van der Waals surface area contributed by atoms with Crippen LogP contribution in [0.5, 0.6) is 0 Å². The number of rotatable bonds is 6. The first kappa shape index (κ1) is 22.6. The number of halogens is 2. The monoisotopic (exact) mass is 455 g/mol. The molecule has 1 aromatic carbocycles. The van der Waals surface area contributed by atoms with Gasteiger partial charge in [0.2, 0.25) is 10.0 Å². The number of aryl methyl sites for hydroxylation is 1. The fraction of sp³-hybridized carbons (Fsp3) is 0.400. The molecule has 1 fully saturated rings. The zero-order valence-electron chi connectivity index (χ0n) is 17.0. The maximum absolute atomic E-state index is 13.3. The molecule has 2 aromatic rings. The predicted molar refractivity (Wildman–Crippen MR) is 111 cm³/mol. The molecule has 0 atom stereocenters. The van der Waals surface area contributed by atoms with Gasteiger partial charge in [-0.05, 0) is 44.5 Å². The summed E-state index contributed by atoms with van der Waals surface area (Å²) in [5, 5.41) is -0.248. The van der Waals surface area contributed by atoms with Crippen molar-refractivity contribution in [1.29, 1.82) is 0 Å². The van der Waals surface area contributed by atoms with Crippen LogP contribution in [0.1, 0.15) is 39.0 Å². The molecule has 7 nitrogen and oxygen atoms in total. The van der Waals surface area contributed by atoms with Crippen LogP contribution in [0.4, 0.5) is 4.39 Å². The van der Waals surface area contributed by atoms with Crippen molar-refractivity contribution >= 4 is 33.2 Å². The fourth-order valence-corrected chi connectivity index (χ4v) is 5.45. The van der Waals surface area contributed by atoms with E-state index in [4.69, 9.17) is 11.6 Å². The maximum Gasteiger partial charge on any atom is 0.243 e. The lowest BCUT2D eigenvalue weighted by atomic mass is 10.1. The molecule has 30 heavy (non-hydrogen) atoms. The van der Waals surface area contributed by atoms with Crippen molar-refractivity contribution < 1.29 is 22.4 Å². The highest BCUT2D eigenvalue weighted by Gasteiger charge is 2.30. The largest absolute Gasteiger partial charge is 0.355 e. The highest BCUT2D eigenvalue weighted by Crippen LogP contribution is 2.24. The van der Waals surface area contributed by atoms with Crippen LogP contribution < -0.4 is 0 Å². The number of nitrogens with zero attached hydrogens (tertiary/aromatic N) is 2. The molecule has 1 saturated heterocycles. The van der Waals surface area contributed by atoms with Gasteiger partial charge in [0.1, 0.15) is 5.82 Å². The van der Waals surface area contributed by atoms with Gasteiger partial charge in [-0.1, -0.05) is 11.6 Å². The summed E-state index contributed by atoms with van der Waals surface area (Å²) < 4.78 is 40.2. The second kappa shape index (κ2) is 8.58. The van der Waals surface area contributed by atoms with Crippen LogP contribution in [0.15, 0.2) is 23.1 Å². The number of sulfonamides is 1. The molecule has 0 radical (unpaired) electrons. The van der Waals surface area contributed by atoms with Gasteiger partial charge < -0.3 is 4.98 Å². The van der Waals surface area contributed by atoms with Crippen molar-refractivity contribution in [2.75, 3.05) is 32.7 Å². The number of nitrogens with one attached hydrogen (secondary N) is 1. The number of H-pyrrole nitrogens is 1. The molecule has 1 aliphatic rings. The summed E-state index contributed by atoms with van der Waals surface area (Å²) in [6.07, 6.45) is 0. The first-order valence-electron chi connectivity index (χ1n) is 9.43. The molecule has 1 aliphatic heterocycles. The minimum Gasteiger partial charge on any atom is -0.355 e. The quantitative estimate of drug-likeness (QED) is 0.676. The van der Waals surface area contributed by atoms with Crippen molar-refractivity contribution in [2.45, 2.75) is 25.7 Å². The second-order valence-corrected chi connectivity index (χ2v) is 9.71. The minimum atomic E-state index is -3.80. The van der Waals surface area contributed by atoms with Crippen LogP contribution in [0.3, 0.4) is 0 Å². The Kier molecular flexibility index (Phi) is 6.47. The smallest absolute Gasteiger partial charge is 0.243 e. The molecule has 162 valence electrons. The fourth-order valence-electron chi connectivity index (χ4n) is 3.75. The lowest BCUT2D eigenvalue weighted by Crippen LogP contribution is -2.49. The third-order valence-electron chi connectivity index (χ3n) is 5.30. The summed E-state index contributed by atoms with van der Waals surface area (Å²) in [6.45, 7) is 6.23. The topological polar surface area (TPSA) is 90.6 Å². The predicted octanol–water partition coefficient (Wildman–Crippen LogP) is 2.82. The molecule has 1 N–H and O–H groups in total. The Morgan fingerprint density at radius 2 is 1.80 bits per heavy atom. The number of piperazine rings is 1. The molecular formula is C20H23ClFN3O4S. The van der Waals surface area contributed by atoms with E-state index >= 15 is 0 Å². The van der Waals surface area contributed by atoms with Gasteiger partial charge >= 0.3 is 0 Å². The molecule has 2 heterocycles. The van der Waals surface area contributed by atoms with E-state index in [0.717, 1.165) is 12.1 Å². The van der Waals surface area contributed by atoms with E-state index in [1.807, 2.05) is 4.90 Å². The summed E-state index contributed by atoms with van der Waals surface area (Å²) in [5.41, 5.74) is 2.25. The minimum absolute atomic E-state index is 0.0623. The highest BCUT2D eigenvalue weighted by molar-refractivity contribution is 7.89. The standard InChI is InChI=1S/C20H23ClFN3O4S/c1-12-19(14(3)26)13(2)23-20(12)18(27)11-24-6-8-25(9-7-24)30(28,29)15-4-5-17(22)16(21)10-15/h4-5,10,23H,6-9,11H2,1-3H3. The van der Waals surface area contributed by atoms with Gasteiger partial charge in [-0.2, -0.15) is 4.31 Å². The third-order valence-corrected chi connectivity index (χ3v) is 7.48. The van der Waals surface area contributed by atoms with Crippen LogP contribution in [-0.2, 0) is 10.0 Å². The van der Waals surface area contributed by atoms with Crippen molar-refractivity contribution in [3.63, 3.8) is 0 Å². The Balaban J connectivity index is 1.66. The molecule has 0 aliphatic carbocycles. The zero-order chi connectivity index (χ0) is 22.2. The number of Topliss-reactive ketones (excluding diaryl/α,β-unsaturated/α-hetero) is 2. The Labute approximate surface area is 179 Å². The van der Waals surface area contributed by atoms with Gasteiger partial charge in [0, 0.05) is 37.4 Å². The highest BCUT2D eigenvalue weighted by atomic mass is 35.5. The van der Waals surface area contributed by atoms with Crippen LogP contribution in [-0.4, -0.2) is 66.9 Å². The van der Waals surface area contributed by atoms with Gasteiger partial charge in [-0.3, -0.25) is 14.5 Å². The summed E-state index contributed by atoms with van der Waals surface area (Å²) in [4.78, 5) is 29.3. The van der Waals surface area contributed by atoms with Crippen LogP contribution in [0, 0.1) is 19.7 Å². The molecule has 0 saturated carbocycles. The SMILES string of the molecule is CC(=O)c1c(C)[nH]c(C(=O)CN2CCN(S(=O)(=O)c3ccc(F)c(Cl)c3)CC2)c1C. The van der Waals surface area contributed by atoms with Crippen LogP contribution in [0.2, 0.25) is 5.02 Å². The Morgan fingerprint density at radius 1 is 1.17 bits per heavy atom. The average molecular weight is 456 g/mol. The normalized spacial score (nSPS) is 16.0. The van der Waals surface area contributed by atoms with Crippen molar-refractivity contribution in [2.24, 2.45) is 0 Å². The molecule has 10 heteroatoms. The lowest BCUT2D eigenvalue weighted by Gasteiger charge is -2.33. The van der Waals surface area contributed by atoms with E-state index < -0.39 is 15.8 Å². The molecule has 1 aromatic heterocycles. The van der Waals surface area contributed by atoms with Gasteiger partial charge in [0.05, 0.1) is 22.2 Å². The molecule has 0 unspecified atom stereocenters. The van der Waals surface area contributed by atoms with E-state index in [1.165, 1.54) is 17.3 Å². The van der Waals surface area contributed by atoms with E-state index in [9.17, 15) is 22.4 Å². The molecule has 0 amide bonds. The number of hydrogen-bond acceptors (Lipinski definition) is 5. The number of ketones is 2. The molecule has 0 bridgehead atoms. The Morgan fingerprint density at radius 3 is 2.33 bits per heavy atom. The molecule has 0 spiro atoms. The third kappa shape index (κ3) is 4.34. The van der Waals surface area contributed by atoms with Gasteiger partial charge in [0.15, 0.2) is 11.6 Å². The van der Waals surface area contributed by atoms with Crippen molar-refractivity contribution in [3.05, 3.63) is 51.6 Å². The summed E-state index contributed by atoms with van der Waals surface area (Å²) in [6, 6.07) is 3.32. The van der Waals surface area contributed by atoms with Gasteiger partial charge in [-0.15, -0.1) is 0 Å². The molecule has 3 rings (SSSR count). The number of carbonyl (C=O) groups excluding carboxylic acids is 2. The van der Waals surface area contributed by atoms with Crippen molar-refractivity contribution in [1.82, 2.24) is 14.2 Å². The van der Waals surface area contributed by atoms with E-state index in [0.29, 0.717) is 35.6 Å². The number of benzene rings is 1. The van der Waals surface area contributed by atoms with E-state index in [-0.39, 0.29) is 41.1 Å². The zero-order valence-corrected chi connectivity index (χ0v) is 18.5. The number of carbonyl (C=O) groups is 2. The number of aromatic nitrogens is 1. The first-order valence-corrected chi connectivity index (χ1v) is 11.2. The van der Waals surface area contributed by atoms with Crippen LogP contribution in [0.25, 0.3) is 0 Å². The van der Waals surface area contributed by atoms with Crippen LogP contribution >= 0.6 is 11.6 Å². The maximum atomic E-state index is 13.3. The number of hydrogen-bond donors (Lipinski definition) is 1. The lowest BCUT2D eigenvalue weighted by molar-refractivity contribution is 0.0896. The van der Waals surface area contributed by atoms with Gasteiger partial charge in [-0.25, -0.2) is 12.8 Å². The second-order valence-electron chi connectivity index (χ2n) is 7.36. The summed E-state index contributed by atoms with van der Waals surface area (Å²) >= 11 is 5.71. The first-order chi connectivity index (χ1) is 14.0. The summed E-state index contributed by atoms with van der Waals surface area (Å²) in [7, 11) is -3.80. The van der Waals surface area contributed by atoms with E-state index in [1.54, 1.807) is 13.8 Å². The van der Waals surface area contributed by atoms with Crippen molar-refractivity contribution in [3.8, 4) is 0 Å². The van der Waals surface area contributed by atoms with E-state index in [2.05, 4.69) is 4.98 Å².